The third-order valence-corrected chi connectivity index (χ3v) is 4.08. The topological polar surface area (TPSA) is 39.7 Å². The fourth-order valence-electron chi connectivity index (χ4n) is 2.56. The van der Waals surface area contributed by atoms with Crippen LogP contribution in [0, 0.1) is 0 Å². The molecule has 1 N–H and O–H groups in total. The molecule has 0 aromatic heterocycles. The van der Waals surface area contributed by atoms with Gasteiger partial charge >= 0.3 is 0 Å². The van der Waals surface area contributed by atoms with Gasteiger partial charge in [-0.3, -0.25) is 0 Å². The maximum Gasteiger partial charge on any atom is 0.161 e. The fourth-order valence-corrected chi connectivity index (χ4v) is 2.56. The van der Waals surface area contributed by atoms with Crippen LogP contribution in [-0.4, -0.2) is 26.9 Å². The second-order valence-corrected chi connectivity index (χ2v) is 6.26. The van der Waals surface area contributed by atoms with Crippen molar-refractivity contribution in [3.8, 4) is 11.5 Å². The van der Waals surface area contributed by atoms with Gasteiger partial charge in [0.15, 0.2) is 11.5 Å². The summed E-state index contributed by atoms with van der Waals surface area (Å²) in [5.74, 6) is 1.53. The molecule has 2 aromatic rings. The predicted octanol–water partition coefficient (Wildman–Crippen LogP) is 4.99. The lowest BCUT2D eigenvalue weighted by Gasteiger charge is -2.13. The number of nitrogens with one attached hydrogen (secondary N) is 1. The smallest absolute Gasteiger partial charge is 0.161 e. The van der Waals surface area contributed by atoms with E-state index in [1.165, 1.54) is 12.0 Å². The molecule has 2 rings (SSSR count). The molecule has 5 heteroatoms. The average Bonchev–Trinajstić information content (AvgIpc) is 2.69. The lowest BCUT2D eigenvalue weighted by Crippen LogP contribution is -2.16. The van der Waals surface area contributed by atoms with Gasteiger partial charge in [0.05, 0.1) is 7.11 Å². The molecule has 0 aliphatic carbocycles. The number of hydrogen-bond donors (Lipinski definition) is 1. The van der Waals surface area contributed by atoms with E-state index >= 15 is 0 Å². The predicted molar refractivity (Wildman–Crippen MR) is 113 cm³/mol. The Balaban J connectivity index is 0.00000364. The van der Waals surface area contributed by atoms with Crippen molar-refractivity contribution in [2.75, 3.05) is 26.9 Å². The number of methoxy groups -OCH3 is 1. The summed E-state index contributed by atoms with van der Waals surface area (Å²) >= 11 is 0. The molecule has 0 atom stereocenters. The van der Waals surface area contributed by atoms with E-state index in [0.29, 0.717) is 6.61 Å². The van der Waals surface area contributed by atoms with Gasteiger partial charge in [-0.15, -0.1) is 12.4 Å². The molecule has 0 heterocycles. The van der Waals surface area contributed by atoms with Gasteiger partial charge in [-0.1, -0.05) is 49.7 Å². The van der Waals surface area contributed by atoms with Crippen LogP contribution in [0.3, 0.4) is 0 Å². The minimum atomic E-state index is 0. The minimum Gasteiger partial charge on any atom is -0.493 e. The number of unbranched alkanes of at least 4 members (excludes halogenated alkanes) is 1. The van der Waals surface area contributed by atoms with Crippen molar-refractivity contribution in [3.63, 3.8) is 0 Å². The maximum atomic E-state index is 5.90. The van der Waals surface area contributed by atoms with E-state index in [-0.39, 0.29) is 12.4 Å². The highest BCUT2D eigenvalue weighted by atomic mass is 35.5. The van der Waals surface area contributed by atoms with Crippen LogP contribution in [0.15, 0.2) is 48.5 Å². The van der Waals surface area contributed by atoms with Crippen molar-refractivity contribution in [3.05, 3.63) is 59.7 Å². The molecule has 0 unspecified atom stereocenters. The summed E-state index contributed by atoms with van der Waals surface area (Å²) in [6, 6.07) is 16.2. The average molecular weight is 394 g/mol. The second-order valence-electron chi connectivity index (χ2n) is 6.26. The van der Waals surface area contributed by atoms with Crippen molar-refractivity contribution in [1.29, 1.82) is 0 Å². The van der Waals surface area contributed by atoms with Crippen molar-refractivity contribution in [1.82, 2.24) is 5.32 Å². The first-order valence-electron chi connectivity index (χ1n) is 9.45. The van der Waals surface area contributed by atoms with Crippen LogP contribution in [-0.2, 0) is 17.9 Å². The highest BCUT2D eigenvalue weighted by Gasteiger charge is 2.06. The molecule has 0 amide bonds. The Bertz CT molecular complexity index is 622. The highest BCUT2D eigenvalue weighted by Crippen LogP contribution is 2.28. The first-order chi connectivity index (χ1) is 12.8. The molecule has 0 radical (unpaired) electrons. The zero-order valence-corrected chi connectivity index (χ0v) is 17.2. The third kappa shape index (κ3) is 9.14. The van der Waals surface area contributed by atoms with Gasteiger partial charge < -0.3 is 19.5 Å². The Hall–Kier alpha value is -1.75. The SMILES string of the molecule is CCCCOCCCNCc1ccc(OCc2ccccc2)c(OC)c1.Cl. The normalized spacial score (nSPS) is 10.3. The zero-order valence-electron chi connectivity index (χ0n) is 16.4. The number of ether oxygens (including phenoxy) is 3. The molecule has 2 aromatic carbocycles. The lowest BCUT2D eigenvalue weighted by atomic mass is 10.2. The molecule has 0 saturated carbocycles. The number of hydrogen-bond acceptors (Lipinski definition) is 4. The van der Waals surface area contributed by atoms with Gasteiger partial charge in [-0.05, 0) is 42.6 Å². The monoisotopic (exact) mass is 393 g/mol. The lowest BCUT2D eigenvalue weighted by molar-refractivity contribution is 0.129. The Morgan fingerprint density at radius 2 is 1.67 bits per heavy atom. The zero-order chi connectivity index (χ0) is 18.5. The first-order valence-corrected chi connectivity index (χ1v) is 9.45. The van der Waals surface area contributed by atoms with Gasteiger partial charge in [0.2, 0.25) is 0 Å². The van der Waals surface area contributed by atoms with Crippen molar-refractivity contribution < 1.29 is 14.2 Å². The van der Waals surface area contributed by atoms with E-state index in [0.717, 1.165) is 56.2 Å². The minimum absolute atomic E-state index is 0. The van der Waals surface area contributed by atoms with E-state index in [2.05, 4.69) is 30.4 Å². The van der Waals surface area contributed by atoms with Gasteiger partial charge in [0, 0.05) is 19.8 Å². The van der Waals surface area contributed by atoms with Gasteiger partial charge in [-0.25, -0.2) is 0 Å². The molecule has 0 bridgehead atoms. The Labute approximate surface area is 169 Å². The Morgan fingerprint density at radius 1 is 0.889 bits per heavy atom. The van der Waals surface area contributed by atoms with Crippen LogP contribution in [0.25, 0.3) is 0 Å². The summed E-state index contributed by atoms with van der Waals surface area (Å²) in [7, 11) is 1.68. The molecular weight excluding hydrogens is 362 g/mol. The van der Waals surface area contributed by atoms with E-state index in [1.54, 1.807) is 7.11 Å². The second kappa shape index (κ2) is 14.3. The molecule has 150 valence electrons. The highest BCUT2D eigenvalue weighted by molar-refractivity contribution is 5.85. The molecule has 0 aliphatic rings. The van der Waals surface area contributed by atoms with E-state index < -0.39 is 0 Å². The fraction of sp³-hybridized carbons (Fsp3) is 0.455. The summed E-state index contributed by atoms with van der Waals surface area (Å²) in [6.07, 6.45) is 3.36. The molecule has 0 saturated heterocycles. The molecule has 0 spiro atoms. The standard InChI is InChI=1S/C22H31NO3.ClH/c1-3-4-14-25-15-8-13-23-17-20-11-12-21(22(16-20)24-2)26-18-19-9-6-5-7-10-19;/h5-7,9-12,16,23H,3-4,8,13-15,17-18H2,1-2H3;1H. The van der Waals surface area contributed by atoms with Crippen LogP contribution >= 0.6 is 12.4 Å². The molecule has 0 aliphatic heterocycles. The number of benzene rings is 2. The largest absolute Gasteiger partial charge is 0.493 e. The summed E-state index contributed by atoms with van der Waals surface area (Å²) in [5.41, 5.74) is 2.32. The summed E-state index contributed by atoms with van der Waals surface area (Å²) in [4.78, 5) is 0. The van der Waals surface area contributed by atoms with Crippen LogP contribution in [0.1, 0.15) is 37.3 Å². The third-order valence-electron chi connectivity index (χ3n) is 4.08. The first kappa shape index (κ1) is 23.3. The summed E-state index contributed by atoms with van der Waals surface area (Å²) in [5, 5.41) is 3.44. The van der Waals surface area contributed by atoms with Crippen molar-refractivity contribution in [2.45, 2.75) is 39.3 Å². The summed E-state index contributed by atoms with van der Waals surface area (Å²) < 4.78 is 16.9. The van der Waals surface area contributed by atoms with Crippen LogP contribution < -0.4 is 14.8 Å². The number of halogens is 1. The molecule has 0 fully saturated rings. The van der Waals surface area contributed by atoms with Crippen molar-refractivity contribution in [2.24, 2.45) is 0 Å². The molecular formula is C22H32ClNO3. The van der Waals surface area contributed by atoms with E-state index in [9.17, 15) is 0 Å². The molecule has 27 heavy (non-hydrogen) atoms. The number of rotatable bonds is 13. The van der Waals surface area contributed by atoms with Gasteiger partial charge in [0.1, 0.15) is 6.61 Å². The quantitative estimate of drug-likeness (QED) is 0.486. The van der Waals surface area contributed by atoms with Crippen LogP contribution in [0.4, 0.5) is 0 Å². The van der Waals surface area contributed by atoms with E-state index in [1.807, 2.05) is 30.3 Å². The van der Waals surface area contributed by atoms with Crippen LogP contribution in [0.2, 0.25) is 0 Å². The van der Waals surface area contributed by atoms with Gasteiger partial charge in [0.25, 0.3) is 0 Å². The Morgan fingerprint density at radius 3 is 2.41 bits per heavy atom. The Kier molecular flexibility index (Phi) is 12.4. The van der Waals surface area contributed by atoms with Crippen molar-refractivity contribution >= 4 is 12.4 Å². The van der Waals surface area contributed by atoms with E-state index in [4.69, 9.17) is 14.2 Å². The van der Waals surface area contributed by atoms with Gasteiger partial charge in [-0.2, -0.15) is 0 Å². The summed E-state index contributed by atoms with van der Waals surface area (Å²) in [6.45, 7) is 6.16. The maximum absolute atomic E-state index is 5.90. The van der Waals surface area contributed by atoms with Crippen LogP contribution in [0.5, 0.6) is 11.5 Å². The molecule has 4 nitrogen and oxygen atoms in total.